The van der Waals surface area contributed by atoms with E-state index in [4.69, 9.17) is 0 Å². The van der Waals surface area contributed by atoms with Gasteiger partial charge in [-0.25, -0.2) is 0 Å². The van der Waals surface area contributed by atoms with Crippen LogP contribution in [0.2, 0.25) is 0 Å². The molecule has 0 heterocycles. The summed E-state index contributed by atoms with van der Waals surface area (Å²) in [5.74, 6) is 0.319. The highest BCUT2D eigenvalue weighted by Crippen LogP contribution is 2.26. The van der Waals surface area contributed by atoms with Crippen LogP contribution in [0.15, 0.2) is 0 Å². The molecular formula is C17H30N2O2. The first-order valence-electron chi connectivity index (χ1n) is 8.75. The van der Waals surface area contributed by atoms with Gasteiger partial charge in [-0.15, -0.1) is 0 Å². The van der Waals surface area contributed by atoms with Gasteiger partial charge in [0, 0.05) is 12.6 Å². The average Bonchev–Trinajstić information content (AvgIpc) is 2.50. The van der Waals surface area contributed by atoms with Crippen LogP contribution in [0.4, 0.5) is 0 Å². The van der Waals surface area contributed by atoms with Crippen LogP contribution in [-0.2, 0) is 9.59 Å². The lowest BCUT2D eigenvalue weighted by Crippen LogP contribution is -2.48. The van der Waals surface area contributed by atoms with E-state index < -0.39 is 11.8 Å². The summed E-state index contributed by atoms with van der Waals surface area (Å²) in [7, 11) is 0. The summed E-state index contributed by atoms with van der Waals surface area (Å²) in [6.45, 7) is 2.79. The summed E-state index contributed by atoms with van der Waals surface area (Å²) in [6.07, 6.45) is 12.1. The molecule has 2 amide bonds. The van der Waals surface area contributed by atoms with Crippen molar-refractivity contribution in [3.05, 3.63) is 0 Å². The van der Waals surface area contributed by atoms with Gasteiger partial charge in [-0.1, -0.05) is 51.9 Å². The Hall–Kier alpha value is -1.06. The van der Waals surface area contributed by atoms with Crippen LogP contribution < -0.4 is 10.6 Å². The molecule has 0 aromatic carbocycles. The van der Waals surface area contributed by atoms with Gasteiger partial charge in [-0.2, -0.15) is 0 Å². The minimum Gasteiger partial charge on any atom is -0.348 e. The molecule has 2 N–H and O–H groups in total. The maximum atomic E-state index is 11.9. The van der Waals surface area contributed by atoms with E-state index in [2.05, 4.69) is 17.6 Å². The van der Waals surface area contributed by atoms with Crippen LogP contribution >= 0.6 is 0 Å². The summed E-state index contributed by atoms with van der Waals surface area (Å²) >= 11 is 0. The van der Waals surface area contributed by atoms with Crippen LogP contribution in [0.5, 0.6) is 0 Å². The van der Waals surface area contributed by atoms with Crippen molar-refractivity contribution in [3.8, 4) is 0 Å². The van der Waals surface area contributed by atoms with E-state index in [-0.39, 0.29) is 6.04 Å². The smallest absolute Gasteiger partial charge is 0.309 e. The summed E-state index contributed by atoms with van der Waals surface area (Å²) in [5, 5.41) is 5.69. The van der Waals surface area contributed by atoms with E-state index in [0.29, 0.717) is 12.5 Å². The van der Waals surface area contributed by atoms with Crippen molar-refractivity contribution in [1.82, 2.24) is 10.6 Å². The van der Waals surface area contributed by atoms with Crippen LogP contribution in [0.3, 0.4) is 0 Å². The van der Waals surface area contributed by atoms with Gasteiger partial charge in [-0.05, 0) is 31.1 Å². The highest BCUT2D eigenvalue weighted by molar-refractivity contribution is 6.35. The molecule has 2 saturated carbocycles. The zero-order chi connectivity index (χ0) is 15.1. The topological polar surface area (TPSA) is 58.2 Å². The lowest BCUT2D eigenvalue weighted by atomic mass is 9.86. The van der Waals surface area contributed by atoms with Gasteiger partial charge in [0.2, 0.25) is 0 Å². The lowest BCUT2D eigenvalue weighted by Gasteiger charge is -2.29. The Bertz CT molecular complexity index is 351. The molecule has 120 valence electrons. The molecular weight excluding hydrogens is 264 g/mol. The molecule has 0 bridgehead atoms. The van der Waals surface area contributed by atoms with Crippen LogP contribution in [0.25, 0.3) is 0 Å². The van der Waals surface area contributed by atoms with Gasteiger partial charge in [0.1, 0.15) is 0 Å². The van der Waals surface area contributed by atoms with Crippen molar-refractivity contribution in [1.29, 1.82) is 0 Å². The molecule has 0 spiro atoms. The van der Waals surface area contributed by atoms with Gasteiger partial charge in [0.15, 0.2) is 0 Å². The minimum atomic E-state index is -0.455. The monoisotopic (exact) mass is 294 g/mol. The molecule has 21 heavy (non-hydrogen) atoms. The Morgan fingerprint density at radius 1 is 0.905 bits per heavy atom. The second kappa shape index (κ2) is 8.40. The number of hydrogen-bond acceptors (Lipinski definition) is 2. The molecule has 4 heteroatoms. The molecule has 2 aliphatic rings. The van der Waals surface area contributed by atoms with E-state index in [9.17, 15) is 9.59 Å². The number of amides is 2. The molecule has 0 aliphatic heterocycles. The van der Waals surface area contributed by atoms with Gasteiger partial charge >= 0.3 is 11.8 Å². The Kier molecular flexibility index (Phi) is 6.52. The summed E-state index contributed by atoms with van der Waals surface area (Å²) in [4.78, 5) is 23.8. The third kappa shape index (κ3) is 5.33. The van der Waals surface area contributed by atoms with Crippen LogP contribution in [0, 0.1) is 11.8 Å². The molecule has 2 rings (SSSR count). The molecule has 0 saturated heterocycles. The fourth-order valence-corrected chi connectivity index (χ4v) is 3.71. The summed E-state index contributed by atoms with van der Waals surface area (Å²) < 4.78 is 0. The first-order valence-corrected chi connectivity index (χ1v) is 8.75. The Labute approximate surface area is 128 Å². The summed E-state index contributed by atoms with van der Waals surface area (Å²) in [6, 6.07) is 0.176. The maximum absolute atomic E-state index is 11.9. The van der Waals surface area contributed by atoms with Crippen molar-refractivity contribution in [3.63, 3.8) is 0 Å². The third-order valence-electron chi connectivity index (χ3n) is 5.20. The second-order valence-corrected chi connectivity index (χ2v) is 6.89. The van der Waals surface area contributed by atoms with E-state index in [1.165, 1.54) is 38.5 Å². The van der Waals surface area contributed by atoms with Crippen LogP contribution in [-0.4, -0.2) is 24.4 Å². The lowest BCUT2D eigenvalue weighted by molar-refractivity contribution is -0.140. The fourth-order valence-electron chi connectivity index (χ4n) is 3.71. The van der Waals surface area contributed by atoms with Gasteiger partial charge < -0.3 is 10.6 Å². The van der Waals surface area contributed by atoms with E-state index in [0.717, 1.165) is 31.6 Å². The molecule has 2 atom stereocenters. The Morgan fingerprint density at radius 3 is 2.29 bits per heavy atom. The highest BCUT2D eigenvalue weighted by Gasteiger charge is 2.25. The van der Waals surface area contributed by atoms with Crippen molar-refractivity contribution in [2.24, 2.45) is 11.8 Å². The van der Waals surface area contributed by atoms with Gasteiger partial charge in [0.05, 0.1) is 0 Å². The first-order chi connectivity index (χ1) is 10.2. The Balaban J connectivity index is 1.63. The zero-order valence-corrected chi connectivity index (χ0v) is 13.3. The predicted molar refractivity (Wildman–Crippen MR) is 83.8 cm³/mol. The SMILES string of the molecule is C[C@@H]1CCCC[C@H]1NC(=O)C(=O)NCCC1CCCCC1. The summed E-state index contributed by atoms with van der Waals surface area (Å²) in [5.41, 5.74) is 0. The molecule has 0 unspecified atom stereocenters. The van der Waals surface area contributed by atoms with Crippen molar-refractivity contribution >= 4 is 11.8 Å². The molecule has 2 fully saturated rings. The first kappa shape index (κ1) is 16.3. The predicted octanol–water partition coefficient (Wildman–Crippen LogP) is 2.77. The largest absolute Gasteiger partial charge is 0.348 e. The zero-order valence-electron chi connectivity index (χ0n) is 13.3. The quantitative estimate of drug-likeness (QED) is 0.783. The maximum Gasteiger partial charge on any atom is 0.309 e. The van der Waals surface area contributed by atoms with Crippen LogP contribution in [0.1, 0.15) is 71.1 Å². The number of hydrogen-bond donors (Lipinski definition) is 2. The number of rotatable bonds is 4. The number of nitrogens with one attached hydrogen (secondary N) is 2. The molecule has 2 aliphatic carbocycles. The van der Waals surface area contributed by atoms with E-state index in [1.54, 1.807) is 0 Å². The number of carbonyl (C=O) groups excluding carboxylic acids is 2. The van der Waals surface area contributed by atoms with E-state index >= 15 is 0 Å². The molecule has 0 aromatic heterocycles. The third-order valence-corrected chi connectivity index (χ3v) is 5.20. The second-order valence-electron chi connectivity index (χ2n) is 6.89. The molecule has 0 aromatic rings. The average molecular weight is 294 g/mol. The molecule has 0 radical (unpaired) electrons. The molecule has 4 nitrogen and oxygen atoms in total. The highest BCUT2D eigenvalue weighted by atomic mass is 16.2. The van der Waals surface area contributed by atoms with Crippen molar-refractivity contribution in [2.75, 3.05) is 6.54 Å². The van der Waals surface area contributed by atoms with Gasteiger partial charge in [-0.3, -0.25) is 9.59 Å². The Morgan fingerprint density at radius 2 is 1.57 bits per heavy atom. The van der Waals surface area contributed by atoms with Crippen molar-refractivity contribution in [2.45, 2.75) is 77.2 Å². The van der Waals surface area contributed by atoms with Gasteiger partial charge in [0.25, 0.3) is 0 Å². The normalized spacial score (nSPS) is 27.1. The standard InChI is InChI=1S/C17H30N2O2/c1-13-7-5-6-10-15(13)19-17(21)16(20)18-12-11-14-8-3-2-4-9-14/h13-15H,2-12H2,1H3,(H,18,20)(H,19,21)/t13-,15-/m1/s1. The number of carbonyl (C=O) groups is 2. The van der Waals surface area contributed by atoms with Crippen molar-refractivity contribution < 1.29 is 9.59 Å². The minimum absolute atomic E-state index is 0.176. The van der Waals surface area contributed by atoms with E-state index in [1.807, 2.05) is 0 Å². The fraction of sp³-hybridized carbons (Fsp3) is 0.882.